The summed E-state index contributed by atoms with van der Waals surface area (Å²) in [4.78, 5) is 8.70. The molecule has 0 saturated carbocycles. The lowest BCUT2D eigenvalue weighted by atomic mass is 9.92. The Morgan fingerprint density at radius 2 is 1.92 bits per heavy atom. The average Bonchev–Trinajstić information content (AvgIpc) is 3.06. The molecule has 1 atom stereocenters. The number of nitrogens with zero attached hydrogens (tertiary/aromatic N) is 2. The fraction of sp³-hybridized carbons (Fsp3) is 0.200. The molecule has 4 heteroatoms. The largest absolute Gasteiger partial charge is 0.494 e. The van der Waals surface area contributed by atoms with E-state index in [0.717, 1.165) is 29.2 Å². The van der Waals surface area contributed by atoms with Gasteiger partial charge in [0, 0.05) is 47.7 Å². The highest BCUT2D eigenvalue weighted by Gasteiger charge is 2.27. The first kappa shape index (κ1) is 14.7. The maximum Gasteiger partial charge on any atom is 0.129 e. The number of ether oxygens (including phenoxy) is 1. The van der Waals surface area contributed by atoms with Gasteiger partial charge in [0.2, 0.25) is 0 Å². The van der Waals surface area contributed by atoms with Gasteiger partial charge in [0.25, 0.3) is 0 Å². The topological polar surface area (TPSA) is 47.0 Å². The summed E-state index contributed by atoms with van der Waals surface area (Å²) in [5, 5.41) is 3.42. The minimum absolute atomic E-state index is 0.247. The van der Waals surface area contributed by atoms with E-state index in [-0.39, 0.29) is 5.92 Å². The van der Waals surface area contributed by atoms with E-state index in [1.807, 2.05) is 49.8 Å². The van der Waals surface area contributed by atoms with Crippen LogP contribution in [0.5, 0.6) is 5.75 Å². The molecular formula is C20H19N3O. The van der Waals surface area contributed by atoms with Gasteiger partial charge in [-0.25, -0.2) is 4.98 Å². The Kier molecular flexibility index (Phi) is 3.87. The van der Waals surface area contributed by atoms with Crippen molar-refractivity contribution in [3.05, 3.63) is 72.2 Å². The number of anilines is 1. The standard InChI is InChI=1S/C20H19N3O/c1-2-24-19-6-4-3-5-16(19)18-13-23-20-17(18)11-15(12-22-20)14-7-9-21-10-8-14/h3-12,18H,2,13H2,1H3,(H,22,23). The third kappa shape index (κ3) is 2.60. The lowest BCUT2D eigenvalue weighted by molar-refractivity contribution is 0.335. The summed E-state index contributed by atoms with van der Waals surface area (Å²) in [5.41, 5.74) is 4.67. The maximum absolute atomic E-state index is 5.82. The van der Waals surface area contributed by atoms with Gasteiger partial charge >= 0.3 is 0 Å². The molecule has 3 aromatic rings. The Morgan fingerprint density at radius 3 is 2.75 bits per heavy atom. The predicted molar refractivity (Wildman–Crippen MR) is 95.4 cm³/mol. The van der Waals surface area contributed by atoms with Gasteiger partial charge < -0.3 is 10.1 Å². The van der Waals surface area contributed by atoms with E-state index in [0.29, 0.717) is 6.61 Å². The van der Waals surface area contributed by atoms with Gasteiger partial charge in [0.1, 0.15) is 11.6 Å². The van der Waals surface area contributed by atoms with Gasteiger partial charge in [-0.15, -0.1) is 0 Å². The van der Waals surface area contributed by atoms with E-state index in [1.54, 1.807) is 0 Å². The first-order valence-electron chi connectivity index (χ1n) is 8.22. The van der Waals surface area contributed by atoms with Crippen LogP contribution in [0.3, 0.4) is 0 Å². The molecule has 1 aliphatic rings. The van der Waals surface area contributed by atoms with Crippen LogP contribution in [0, 0.1) is 0 Å². The van der Waals surface area contributed by atoms with Crippen molar-refractivity contribution >= 4 is 5.82 Å². The Bertz CT molecular complexity index is 849. The van der Waals surface area contributed by atoms with Crippen molar-refractivity contribution in [1.29, 1.82) is 0 Å². The summed E-state index contributed by atoms with van der Waals surface area (Å²) in [7, 11) is 0. The van der Waals surface area contributed by atoms with E-state index < -0.39 is 0 Å². The zero-order valence-corrected chi connectivity index (χ0v) is 13.6. The number of fused-ring (bicyclic) bond motifs is 1. The molecule has 24 heavy (non-hydrogen) atoms. The van der Waals surface area contributed by atoms with Gasteiger partial charge in [0.15, 0.2) is 0 Å². The summed E-state index contributed by atoms with van der Waals surface area (Å²) in [6, 6.07) is 14.5. The van der Waals surface area contributed by atoms with Crippen LogP contribution in [-0.4, -0.2) is 23.1 Å². The highest BCUT2D eigenvalue weighted by atomic mass is 16.5. The van der Waals surface area contributed by atoms with Gasteiger partial charge in [-0.3, -0.25) is 4.98 Å². The SMILES string of the molecule is CCOc1ccccc1C1CNc2ncc(-c3ccncc3)cc21. The van der Waals surface area contributed by atoms with Crippen molar-refractivity contribution in [2.24, 2.45) is 0 Å². The monoisotopic (exact) mass is 317 g/mol. The number of pyridine rings is 2. The Hall–Kier alpha value is -2.88. The first-order chi connectivity index (χ1) is 11.9. The number of hydrogen-bond donors (Lipinski definition) is 1. The van der Waals surface area contributed by atoms with Crippen LogP contribution in [0.15, 0.2) is 61.1 Å². The highest BCUT2D eigenvalue weighted by molar-refractivity contribution is 5.68. The van der Waals surface area contributed by atoms with Gasteiger partial charge in [-0.05, 0) is 36.8 Å². The fourth-order valence-corrected chi connectivity index (χ4v) is 3.24. The second kappa shape index (κ2) is 6.32. The summed E-state index contributed by atoms with van der Waals surface area (Å²) in [6.07, 6.45) is 5.53. The molecule has 0 saturated heterocycles. The number of rotatable bonds is 4. The molecular weight excluding hydrogens is 298 g/mol. The molecule has 0 amide bonds. The molecule has 0 spiro atoms. The molecule has 1 N–H and O–H groups in total. The second-order valence-electron chi connectivity index (χ2n) is 5.80. The smallest absolute Gasteiger partial charge is 0.129 e. The maximum atomic E-state index is 5.82. The van der Waals surface area contributed by atoms with Crippen molar-refractivity contribution in [2.45, 2.75) is 12.8 Å². The van der Waals surface area contributed by atoms with Crippen LogP contribution >= 0.6 is 0 Å². The fourth-order valence-electron chi connectivity index (χ4n) is 3.24. The number of hydrogen-bond acceptors (Lipinski definition) is 4. The van der Waals surface area contributed by atoms with Crippen molar-refractivity contribution in [3.8, 4) is 16.9 Å². The van der Waals surface area contributed by atoms with Crippen molar-refractivity contribution in [1.82, 2.24) is 9.97 Å². The second-order valence-corrected chi connectivity index (χ2v) is 5.80. The van der Waals surface area contributed by atoms with E-state index in [9.17, 15) is 0 Å². The molecule has 3 heterocycles. The average molecular weight is 317 g/mol. The van der Waals surface area contributed by atoms with E-state index in [2.05, 4.69) is 33.5 Å². The summed E-state index contributed by atoms with van der Waals surface area (Å²) in [6.45, 7) is 3.52. The number of benzene rings is 1. The minimum Gasteiger partial charge on any atom is -0.494 e. The molecule has 0 bridgehead atoms. The predicted octanol–water partition coefficient (Wildman–Crippen LogP) is 4.10. The lowest BCUT2D eigenvalue weighted by Gasteiger charge is -2.16. The molecule has 1 aromatic carbocycles. The number of para-hydroxylation sites is 1. The normalized spacial score (nSPS) is 15.6. The summed E-state index contributed by atoms with van der Waals surface area (Å²) < 4.78 is 5.82. The van der Waals surface area contributed by atoms with Crippen LogP contribution < -0.4 is 10.1 Å². The van der Waals surface area contributed by atoms with E-state index in [4.69, 9.17) is 4.74 Å². The van der Waals surface area contributed by atoms with Crippen molar-refractivity contribution in [2.75, 3.05) is 18.5 Å². The summed E-state index contributed by atoms with van der Waals surface area (Å²) >= 11 is 0. The molecule has 0 fully saturated rings. The molecule has 4 nitrogen and oxygen atoms in total. The van der Waals surface area contributed by atoms with E-state index in [1.165, 1.54) is 11.1 Å². The Labute approximate surface area is 141 Å². The number of aromatic nitrogens is 2. The van der Waals surface area contributed by atoms with Gasteiger partial charge in [-0.2, -0.15) is 0 Å². The highest BCUT2D eigenvalue weighted by Crippen LogP contribution is 2.40. The molecule has 2 aromatic heterocycles. The molecule has 1 unspecified atom stereocenters. The van der Waals surface area contributed by atoms with E-state index >= 15 is 0 Å². The first-order valence-corrected chi connectivity index (χ1v) is 8.22. The molecule has 1 aliphatic heterocycles. The van der Waals surface area contributed by atoms with Crippen molar-refractivity contribution in [3.63, 3.8) is 0 Å². The van der Waals surface area contributed by atoms with Crippen molar-refractivity contribution < 1.29 is 4.74 Å². The zero-order valence-electron chi connectivity index (χ0n) is 13.6. The van der Waals surface area contributed by atoms with Crippen LogP contribution in [0.2, 0.25) is 0 Å². The zero-order chi connectivity index (χ0) is 16.4. The number of nitrogens with one attached hydrogen (secondary N) is 1. The van der Waals surface area contributed by atoms with Crippen LogP contribution in [0.4, 0.5) is 5.82 Å². The Balaban J connectivity index is 1.76. The lowest BCUT2D eigenvalue weighted by Crippen LogP contribution is -2.06. The molecule has 0 aliphatic carbocycles. The quantitative estimate of drug-likeness (QED) is 0.787. The van der Waals surface area contributed by atoms with Crippen LogP contribution in [-0.2, 0) is 0 Å². The third-order valence-corrected chi connectivity index (χ3v) is 4.37. The van der Waals surface area contributed by atoms with Gasteiger partial charge in [-0.1, -0.05) is 18.2 Å². The molecule has 120 valence electrons. The minimum atomic E-state index is 0.247. The Morgan fingerprint density at radius 1 is 1.08 bits per heavy atom. The van der Waals surface area contributed by atoms with Crippen LogP contribution in [0.1, 0.15) is 24.0 Å². The third-order valence-electron chi connectivity index (χ3n) is 4.37. The van der Waals surface area contributed by atoms with Crippen LogP contribution in [0.25, 0.3) is 11.1 Å². The summed E-state index contributed by atoms with van der Waals surface area (Å²) in [5.74, 6) is 2.16. The molecule has 4 rings (SSSR count). The molecule has 0 radical (unpaired) electrons. The van der Waals surface area contributed by atoms with Gasteiger partial charge in [0.05, 0.1) is 6.61 Å².